The van der Waals surface area contributed by atoms with Crippen LogP contribution in [0.5, 0.6) is 5.88 Å². The van der Waals surface area contributed by atoms with E-state index >= 15 is 0 Å². The van der Waals surface area contributed by atoms with Crippen LogP contribution in [0.2, 0.25) is 5.15 Å². The molecule has 4 aliphatic rings. The standard InChI is InChI=1S/C36H50ClN7O4S/c1-8-29(40-42(7)19-9-10-24-22-34(5,6)43(23-24)32(46)48-33(2,3)4)49-41-31(45)25-11-12-27(38-30(25)37)44-20-13-28(39-44)47-21-14-26-35(15-16-35)36(26)17-18-36/h8,11-13,20,24,26H,1,9-10,14-19,21-23H2,2-7H3,(H,41,45)/b40-29+. The maximum absolute atomic E-state index is 13.0. The lowest BCUT2D eigenvalue weighted by Gasteiger charge is -2.33. The van der Waals surface area contributed by atoms with Crippen LogP contribution in [-0.2, 0) is 4.74 Å². The molecule has 1 aliphatic heterocycles. The number of fused-ring (bicyclic) bond motifs is 1. The van der Waals surface area contributed by atoms with E-state index < -0.39 is 11.5 Å². The lowest BCUT2D eigenvalue weighted by molar-refractivity contribution is 0.0130. The van der Waals surface area contributed by atoms with E-state index in [1.54, 1.807) is 29.1 Å². The number of carbonyl (C=O) groups is 2. The summed E-state index contributed by atoms with van der Waals surface area (Å²) in [6, 6.07) is 5.15. The number of hydrazone groups is 1. The van der Waals surface area contributed by atoms with Crippen LogP contribution in [0.4, 0.5) is 4.79 Å². The molecule has 11 nitrogen and oxygen atoms in total. The molecule has 0 aromatic carbocycles. The Bertz CT molecular complexity index is 1590. The van der Waals surface area contributed by atoms with E-state index in [2.05, 4.69) is 40.3 Å². The molecule has 2 amide bonds. The summed E-state index contributed by atoms with van der Waals surface area (Å²) in [5.41, 5.74) is 0.846. The summed E-state index contributed by atoms with van der Waals surface area (Å²) >= 11 is 7.51. The number of pyridine rings is 1. The van der Waals surface area contributed by atoms with Crippen molar-refractivity contribution in [3.8, 4) is 11.7 Å². The van der Waals surface area contributed by atoms with Gasteiger partial charge in [-0.15, -0.1) is 5.10 Å². The van der Waals surface area contributed by atoms with Gasteiger partial charge in [-0.3, -0.25) is 14.5 Å². The molecule has 266 valence electrons. The lowest BCUT2D eigenvalue weighted by atomic mass is 9.93. The molecule has 3 heterocycles. The molecule has 0 radical (unpaired) electrons. The van der Waals surface area contributed by atoms with E-state index in [-0.39, 0.29) is 22.3 Å². The van der Waals surface area contributed by atoms with E-state index in [1.807, 2.05) is 43.8 Å². The number of carbonyl (C=O) groups excluding carboxylic acids is 2. The fourth-order valence-electron chi connectivity index (χ4n) is 8.17. The van der Waals surface area contributed by atoms with Gasteiger partial charge in [0.05, 0.1) is 12.2 Å². The molecule has 0 bridgehead atoms. The van der Waals surface area contributed by atoms with Crippen LogP contribution in [-0.4, -0.2) is 79.6 Å². The zero-order chi connectivity index (χ0) is 35.2. The number of halogens is 1. The van der Waals surface area contributed by atoms with Gasteiger partial charge in [-0.2, -0.15) is 5.10 Å². The Labute approximate surface area is 299 Å². The molecule has 1 saturated heterocycles. The van der Waals surface area contributed by atoms with Crippen molar-refractivity contribution in [2.75, 3.05) is 26.7 Å². The largest absolute Gasteiger partial charge is 0.477 e. The first-order valence-electron chi connectivity index (χ1n) is 17.4. The van der Waals surface area contributed by atoms with Crippen LogP contribution in [0.1, 0.15) is 96.3 Å². The maximum atomic E-state index is 13.0. The molecule has 1 unspecified atom stereocenters. The first-order chi connectivity index (χ1) is 23.2. The molecule has 49 heavy (non-hydrogen) atoms. The summed E-state index contributed by atoms with van der Waals surface area (Å²) in [5, 5.41) is 11.5. The van der Waals surface area contributed by atoms with Crippen LogP contribution < -0.4 is 9.46 Å². The van der Waals surface area contributed by atoms with Gasteiger partial charge in [0.15, 0.2) is 5.82 Å². The van der Waals surface area contributed by atoms with Crippen molar-refractivity contribution in [1.82, 2.24) is 29.4 Å². The van der Waals surface area contributed by atoms with Crippen LogP contribution >= 0.6 is 23.5 Å². The van der Waals surface area contributed by atoms with Crippen molar-refractivity contribution in [2.45, 2.75) is 97.1 Å². The van der Waals surface area contributed by atoms with E-state index in [4.69, 9.17) is 21.1 Å². The van der Waals surface area contributed by atoms with Gasteiger partial charge in [0.1, 0.15) is 15.8 Å². The molecule has 3 saturated carbocycles. The third-order valence-corrected chi connectivity index (χ3v) is 11.7. The zero-order valence-corrected chi connectivity index (χ0v) is 31.2. The molecule has 1 N–H and O–H groups in total. The van der Waals surface area contributed by atoms with Crippen molar-refractivity contribution in [2.24, 2.45) is 27.8 Å². The second kappa shape index (κ2) is 13.5. The predicted octanol–water partition coefficient (Wildman–Crippen LogP) is 7.50. The number of ether oxygens (including phenoxy) is 2. The van der Waals surface area contributed by atoms with Crippen molar-refractivity contribution in [3.05, 3.63) is 47.8 Å². The number of nitrogens with zero attached hydrogens (tertiary/aromatic N) is 6. The molecule has 2 spiro atoms. The van der Waals surface area contributed by atoms with Gasteiger partial charge in [0.25, 0.3) is 5.91 Å². The van der Waals surface area contributed by atoms with Crippen LogP contribution in [0.3, 0.4) is 0 Å². The molecule has 2 aromatic heterocycles. The Kier molecular flexibility index (Phi) is 9.78. The SMILES string of the molecule is C=C/C(=N\N(C)CCCC1CN(C(=O)OC(C)(C)C)C(C)(C)C1)SNC(=O)c1ccc(-n2ccc(OCCC3C4(CC4)C34CC4)n2)nc1Cl. The van der Waals surface area contributed by atoms with Crippen LogP contribution in [0, 0.1) is 22.7 Å². The van der Waals surface area contributed by atoms with Crippen LogP contribution in [0.15, 0.2) is 42.2 Å². The normalized spacial score (nSPS) is 21.5. The number of hydrogen-bond donors (Lipinski definition) is 1. The molecule has 2 aromatic rings. The second-order valence-corrected chi connectivity index (χ2v) is 17.0. The highest BCUT2D eigenvalue weighted by Crippen LogP contribution is 2.93. The minimum absolute atomic E-state index is 0.0706. The number of aromatic nitrogens is 3. The summed E-state index contributed by atoms with van der Waals surface area (Å²) in [5.74, 6) is 1.89. The van der Waals surface area contributed by atoms with E-state index in [0.717, 1.165) is 43.5 Å². The Morgan fingerprint density at radius 3 is 2.53 bits per heavy atom. The second-order valence-electron chi connectivity index (χ2n) is 15.8. The van der Waals surface area contributed by atoms with Crippen LogP contribution in [0.25, 0.3) is 5.82 Å². The van der Waals surface area contributed by atoms with Crippen molar-refractivity contribution in [1.29, 1.82) is 0 Å². The fraction of sp³-hybridized carbons (Fsp3) is 0.639. The summed E-state index contributed by atoms with van der Waals surface area (Å²) in [7, 11) is 1.89. The summed E-state index contributed by atoms with van der Waals surface area (Å²) in [6.07, 6.45) is 12.7. The van der Waals surface area contributed by atoms with E-state index in [9.17, 15) is 9.59 Å². The summed E-state index contributed by atoms with van der Waals surface area (Å²) in [4.78, 5) is 32.0. The molecular formula is C36H50ClN7O4S. The van der Waals surface area contributed by atoms with Crippen molar-refractivity contribution >= 4 is 40.6 Å². The van der Waals surface area contributed by atoms with E-state index in [0.29, 0.717) is 53.2 Å². The van der Waals surface area contributed by atoms with Gasteiger partial charge in [-0.1, -0.05) is 18.2 Å². The quantitative estimate of drug-likeness (QED) is 0.0792. The first-order valence-corrected chi connectivity index (χ1v) is 18.6. The number of amides is 2. The molecule has 6 rings (SSSR count). The number of nitrogens with one attached hydrogen (secondary N) is 1. The minimum Gasteiger partial charge on any atom is -0.477 e. The summed E-state index contributed by atoms with van der Waals surface area (Å²) in [6.45, 7) is 15.8. The number of hydrogen-bond acceptors (Lipinski definition) is 9. The highest BCUT2D eigenvalue weighted by molar-refractivity contribution is 8.13. The molecule has 4 fully saturated rings. The smallest absolute Gasteiger partial charge is 0.410 e. The van der Waals surface area contributed by atoms with Gasteiger partial charge >= 0.3 is 6.09 Å². The Morgan fingerprint density at radius 1 is 1.18 bits per heavy atom. The fourth-order valence-corrected chi connectivity index (χ4v) is 8.98. The average Bonchev–Trinajstić information content (AvgIpc) is 3.98. The van der Waals surface area contributed by atoms with Gasteiger partial charge in [-0.05, 0) is 127 Å². The highest BCUT2D eigenvalue weighted by Gasteiger charge is 2.85. The number of likely N-dealkylation sites (tertiary alicyclic amines) is 1. The van der Waals surface area contributed by atoms with E-state index in [1.165, 1.54) is 25.7 Å². The van der Waals surface area contributed by atoms with Gasteiger partial charge in [-0.25, -0.2) is 14.5 Å². The molecule has 13 heteroatoms. The summed E-state index contributed by atoms with van der Waals surface area (Å²) < 4.78 is 16.0. The van der Waals surface area contributed by atoms with Crippen molar-refractivity contribution in [3.63, 3.8) is 0 Å². The number of rotatable bonds is 12. The third kappa shape index (κ3) is 7.75. The zero-order valence-electron chi connectivity index (χ0n) is 29.6. The van der Waals surface area contributed by atoms with Gasteiger partial charge in [0, 0.05) is 49.9 Å². The minimum atomic E-state index is -0.519. The van der Waals surface area contributed by atoms with Gasteiger partial charge < -0.3 is 14.4 Å². The Hall–Kier alpha value is -3.25. The monoisotopic (exact) mass is 711 g/mol. The third-order valence-electron chi connectivity index (χ3n) is 10.7. The highest BCUT2D eigenvalue weighted by atomic mass is 35.5. The topological polar surface area (TPSA) is 114 Å². The van der Waals surface area contributed by atoms with Crippen molar-refractivity contribution < 1.29 is 19.1 Å². The van der Waals surface area contributed by atoms with Gasteiger partial charge in [0.2, 0.25) is 5.88 Å². The average molecular weight is 712 g/mol. The first kappa shape index (κ1) is 35.6. The maximum Gasteiger partial charge on any atom is 0.410 e. The molecule has 1 atom stereocenters. The Balaban J connectivity index is 0.929. The predicted molar refractivity (Wildman–Crippen MR) is 193 cm³/mol. The lowest BCUT2D eigenvalue weighted by Crippen LogP contribution is -2.45. The molecule has 3 aliphatic carbocycles. The molecular weight excluding hydrogens is 662 g/mol. The Morgan fingerprint density at radius 2 is 1.90 bits per heavy atom.